The average molecular weight is 707 g/mol. The van der Waals surface area contributed by atoms with E-state index in [4.69, 9.17) is 29.7 Å². The molecule has 1 amide bonds. The molecule has 0 radical (unpaired) electrons. The van der Waals surface area contributed by atoms with Crippen LogP contribution in [0, 0.1) is 0 Å². The Bertz CT molecular complexity index is 1990. The summed E-state index contributed by atoms with van der Waals surface area (Å²) in [6.45, 7) is 18.4. The van der Waals surface area contributed by atoms with Crippen molar-refractivity contribution in [1.82, 2.24) is 9.55 Å². The summed E-state index contributed by atoms with van der Waals surface area (Å²) < 4.78 is 23.5. The standard InChI is InChI=1S/C36H46N4O9Si/c1-11-36(48-31(43)26(37)30(42)47-34(3,4)5)23-16-25-27-21(17-40(25)29(41)22(23)18-46-32(36)44)28(50(9,10)12-2)20-15-19(13-14-24(20)39-27)38-33(45)49-35(6,7)8/h13-16,26H,11-12,17-18,37H2,1-10H3,(H,38,45). The Balaban J connectivity index is 1.65. The number of pyridine rings is 2. The van der Waals surface area contributed by atoms with E-state index in [2.05, 4.69) is 25.3 Å². The van der Waals surface area contributed by atoms with Crippen molar-refractivity contribution < 1.29 is 38.1 Å². The first kappa shape index (κ1) is 36.7. The fraction of sp³-hybridized carbons (Fsp3) is 0.500. The number of carbonyl (C=O) groups is 4. The number of cyclic esters (lactones) is 1. The van der Waals surface area contributed by atoms with Gasteiger partial charge in [-0.2, -0.15) is 0 Å². The summed E-state index contributed by atoms with van der Waals surface area (Å²) in [7, 11) is -2.18. The Kier molecular flexibility index (Phi) is 9.28. The molecule has 3 N–H and O–H groups in total. The number of nitrogens with zero attached hydrogens (tertiary/aromatic N) is 2. The molecule has 14 heteroatoms. The predicted octanol–water partition coefficient (Wildman–Crippen LogP) is 4.58. The summed E-state index contributed by atoms with van der Waals surface area (Å²) in [6, 6.07) is 6.18. The maximum Gasteiger partial charge on any atom is 0.412 e. The Labute approximate surface area is 291 Å². The van der Waals surface area contributed by atoms with E-state index in [0.717, 1.165) is 22.2 Å². The number of nitrogens with two attached hydrogens (primary N) is 1. The highest BCUT2D eigenvalue weighted by molar-refractivity contribution is 6.91. The van der Waals surface area contributed by atoms with Crippen LogP contribution in [-0.4, -0.2) is 58.9 Å². The van der Waals surface area contributed by atoms with Gasteiger partial charge in [-0.1, -0.05) is 33.0 Å². The number of hydrogen-bond acceptors (Lipinski definition) is 11. The first-order valence-corrected chi connectivity index (χ1v) is 20.0. The van der Waals surface area contributed by atoms with Gasteiger partial charge in [-0.3, -0.25) is 10.1 Å². The molecule has 2 unspecified atom stereocenters. The molecular weight excluding hydrogens is 661 g/mol. The second kappa shape index (κ2) is 12.6. The van der Waals surface area contributed by atoms with Crippen molar-refractivity contribution in [1.29, 1.82) is 0 Å². The lowest BCUT2D eigenvalue weighted by atomic mass is 9.85. The highest BCUT2D eigenvalue weighted by Crippen LogP contribution is 2.41. The fourth-order valence-electron chi connectivity index (χ4n) is 6.38. The van der Waals surface area contributed by atoms with Gasteiger partial charge in [0.05, 0.1) is 37.1 Å². The Morgan fingerprint density at radius 3 is 2.28 bits per heavy atom. The van der Waals surface area contributed by atoms with Crippen LogP contribution in [0.3, 0.4) is 0 Å². The number of nitrogens with one attached hydrogen (secondary N) is 1. The molecule has 5 rings (SSSR count). The zero-order valence-electron chi connectivity index (χ0n) is 30.4. The van der Waals surface area contributed by atoms with Crippen molar-refractivity contribution in [2.45, 2.75) is 117 Å². The number of benzene rings is 1. The summed E-state index contributed by atoms with van der Waals surface area (Å²) in [5, 5.41) is 4.79. The molecule has 0 bridgehead atoms. The molecule has 13 nitrogen and oxygen atoms in total. The minimum absolute atomic E-state index is 0.0963. The lowest BCUT2D eigenvalue weighted by molar-refractivity contribution is -0.192. The van der Waals surface area contributed by atoms with Crippen molar-refractivity contribution in [2.24, 2.45) is 5.73 Å². The largest absolute Gasteiger partial charge is 0.458 e. The van der Waals surface area contributed by atoms with E-state index in [1.807, 2.05) is 12.1 Å². The van der Waals surface area contributed by atoms with E-state index >= 15 is 0 Å². The van der Waals surface area contributed by atoms with E-state index in [9.17, 15) is 24.0 Å². The van der Waals surface area contributed by atoms with Gasteiger partial charge in [0, 0.05) is 16.6 Å². The normalized spacial score (nSPS) is 17.6. The maximum absolute atomic E-state index is 14.2. The number of carbonyl (C=O) groups excluding carboxylic acids is 4. The van der Waals surface area contributed by atoms with Crippen LogP contribution in [0.25, 0.3) is 22.3 Å². The van der Waals surface area contributed by atoms with Crippen LogP contribution in [-0.2, 0) is 52.1 Å². The summed E-state index contributed by atoms with van der Waals surface area (Å²) in [5.74, 6) is -3.09. The van der Waals surface area contributed by atoms with E-state index in [0.29, 0.717) is 22.6 Å². The number of fused-ring (bicyclic) bond motifs is 5. The predicted molar refractivity (Wildman–Crippen MR) is 190 cm³/mol. The Morgan fingerprint density at radius 2 is 1.68 bits per heavy atom. The van der Waals surface area contributed by atoms with Crippen LogP contribution < -0.4 is 21.8 Å². The van der Waals surface area contributed by atoms with Crippen LogP contribution >= 0.6 is 0 Å². The number of esters is 3. The minimum Gasteiger partial charge on any atom is -0.458 e. The number of rotatable bonds is 7. The lowest BCUT2D eigenvalue weighted by Gasteiger charge is -2.36. The number of ether oxygens (including phenoxy) is 4. The topological polar surface area (TPSA) is 178 Å². The second-order valence-corrected chi connectivity index (χ2v) is 20.4. The molecule has 2 aromatic heterocycles. The zero-order chi connectivity index (χ0) is 37.1. The molecule has 1 aromatic carbocycles. The fourth-order valence-corrected chi connectivity index (χ4v) is 8.68. The molecule has 0 fully saturated rings. The molecule has 0 saturated heterocycles. The van der Waals surface area contributed by atoms with Gasteiger partial charge in [-0.25, -0.2) is 24.2 Å². The van der Waals surface area contributed by atoms with Gasteiger partial charge in [-0.15, -0.1) is 0 Å². The third-order valence-electron chi connectivity index (χ3n) is 9.05. The molecular formula is C36H46N4O9Si. The zero-order valence-corrected chi connectivity index (χ0v) is 31.4. The summed E-state index contributed by atoms with van der Waals surface area (Å²) >= 11 is 0. The molecule has 2 aliphatic heterocycles. The smallest absolute Gasteiger partial charge is 0.412 e. The summed E-state index contributed by atoms with van der Waals surface area (Å²) in [5.41, 5.74) is 5.34. The van der Waals surface area contributed by atoms with Gasteiger partial charge in [0.2, 0.25) is 11.6 Å². The van der Waals surface area contributed by atoms with Crippen molar-refractivity contribution in [3.8, 4) is 11.4 Å². The second-order valence-electron chi connectivity index (χ2n) is 15.4. The molecule has 2 atom stereocenters. The van der Waals surface area contributed by atoms with E-state index in [1.165, 1.54) is 0 Å². The van der Waals surface area contributed by atoms with Gasteiger partial charge in [0.15, 0.2) is 0 Å². The van der Waals surface area contributed by atoms with Crippen LogP contribution in [0.1, 0.15) is 78.5 Å². The first-order valence-electron chi connectivity index (χ1n) is 16.8. The van der Waals surface area contributed by atoms with Gasteiger partial charge < -0.3 is 29.2 Å². The molecule has 0 aliphatic carbocycles. The molecule has 0 saturated carbocycles. The summed E-state index contributed by atoms with van der Waals surface area (Å²) in [4.78, 5) is 71.3. The number of anilines is 1. The maximum atomic E-state index is 14.2. The van der Waals surface area contributed by atoms with Crippen molar-refractivity contribution in [2.75, 3.05) is 5.32 Å². The van der Waals surface area contributed by atoms with Crippen LogP contribution in [0.15, 0.2) is 29.1 Å². The Morgan fingerprint density at radius 1 is 1.02 bits per heavy atom. The lowest BCUT2D eigenvalue weighted by Crippen LogP contribution is -2.52. The van der Waals surface area contributed by atoms with Crippen molar-refractivity contribution in [3.05, 3.63) is 51.3 Å². The van der Waals surface area contributed by atoms with Gasteiger partial charge in [-0.05, 0) is 83.0 Å². The number of hydrogen-bond donors (Lipinski definition) is 2. The van der Waals surface area contributed by atoms with E-state index in [-0.39, 0.29) is 30.7 Å². The van der Waals surface area contributed by atoms with Gasteiger partial charge in [0.25, 0.3) is 5.56 Å². The quantitative estimate of drug-likeness (QED) is 0.119. The van der Waals surface area contributed by atoms with Crippen LogP contribution in [0.2, 0.25) is 19.1 Å². The number of aromatic nitrogens is 2. The van der Waals surface area contributed by atoms with Gasteiger partial charge >= 0.3 is 24.0 Å². The monoisotopic (exact) mass is 706 g/mol. The van der Waals surface area contributed by atoms with Gasteiger partial charge in [0.1, 0.15) is 17.8 Å². The third-order valence-corrected chi connectivity index (χ3v) is 12.7. The van der Waals surface area contributed by atoms with Crippen molar-refractivity contribution in [3.63, 3.8) is 0 Å². The minimum atomic E-state index is -2.18. The average Bonchev–Trinajstić information content (AvgIpc) is 3.37. The van der Waals surface area contributed by atoms with Crippen molar-refractivity contribution >= 4 is 53.9 Å². The van der Waals surface area contributed by atoms with Crippen LogP contribution in [0.4, 0.5) is 10.5 Å². The highest BCUT2D eigenvalue weighted by Gasteiger charge is 2.52. The molecule has 0 spiro atoms. The molecule has 3 aromatic rings. The SMILES string of the molecule is CCC1(OC(=O)C(N)C(=O)OC(C)(C)C)C(=O)OCc2c1cc1n(c2=O)Cc2c-1nc1ccc(NC(=O)OC(C)(C)C)cc1c2[Si](C)(C)CC. The number of amides is 1. The van der Waals surface area contributed by atoms with Crippen LogP contribution in [0.5, 0.6) is 0 Å². The van der Waals surface area contributed by atoms with E-state index in [1.54, 1.807) is 65.2 Å². The first-order chi connectivity index (χ1) is 23.1. The highest BCUT2D eigenvalue weighted by atomic mass is 28.3. The Hall–Kier alpha value is -4.56. The molecule has 4 heterocycles. The third kappa shape index (κ3) is 6.65. The molecule has 268 valence electrons. The molecule has 2 aliphatic rings. The molecule has 50 heavy (non-hydrogen) atoms. The summed E-state index contributed by atoms with van der Waals surface area (Å²) in [6.07, 6.45) is -0.672. The van der Waals surface area contributed by atoms with E-state index < -0.39 is 60.5 Å².